The second kappa shape index (κ2) is 14.5. The minimum atomic E-state index is 0.854. The van der Waals surface area contributed by atoms with Crippen LogP contribution >= 0.6 is 0 Å². The van der Waals surface area contributed by atoms with E-state index in [0.29, 0.717) is 0 Å². The van der Waals surface area contributed by atoms with E-state index >= 15 is 0 Å². The van der Waals surface area contributed by atoms with E-state index in [0.717, 1.165) is 78.5 Å². The molecule has 1 aromatic carbocycles. The van der Waals surface area contributed by atoms with Crippen LogP contribution in [0, 0.1) is 0 Å². The summed E-state index contributed by atoms with van der Waals surface area (Å²) < 4.78 is 0. The molecular formula is C35H47N5. The van der Waals surface area contributed by atoms with Crippen LogP contribution in [0.25, 0.3) is 5.70 Å². The van der Waals surface area contributed by atoms with Gasteiger partial charge in [-0.15, -0.1) is 0 Å². The van der Waals surface area contributed by atoms with Gasteiger partial charge in [0.05, 0.1) is 11.3 Å². The summed E-state index contributed by atoms with van der Waals surface area (Å²) in [5, 5.41) is 3.56. The van der Waals surface area contributed by atoms with Gasteiger partial charge < -0.3 is 10.2 Å². The smallest absolute Gasteiger partial charge is 0.144 e. The molecule has 0 radical (unpaired) electrons. The average molecular weight is 538 g/mol. The van der Waals surface area contributed by atoms with Gasteiger partial charge >= 0.3 is 0 Å². The van der Waals surface area contributed by atoms with E-state index in [4.69, 9.17) is 0 Å². The molecule has 3 aliphatic rings. The molecule has 0 bridgehead atoms. The average Bonchev–Trinajstić information content (AvgIpc) is 2.98. The van der Waals surface area contributed by atoms with E-state index in [1.54, 1.807) is 0 Å². The number of aryl methyl sites for hydroxylation is 1. The topological polar surface area (TPSA) is 43.2 Å². The standard InChI is InChI=1S/C21H30N4.C14H17N/c1-8-15(3)25-19(9-2)24(7)17(5)20(21(25)22-6)16(4)23-18-13-11-10-12-14-18;1-3-12-7-9-13(10-8-12)14-6-4-5-11(2)15-14/h9-11,13,23H,3,5,8,12,14H2,1-2,4,6-7H3;6-10H,3-5H2,1-2H3/b19-9-,20-16+,22-21?;. The Hall–Kier alpha value is -3.86. The van der Waals surface area contributed by atoms with Gasteiger partial charge in [0.2, 0.25) is 0 Å². The Morgan fingerprint density at radius 1 is 1.15 bits per heavy atom. The fraction of sp³-hybridized carbons (Fsp3) is 0.371. The van der Waals surface area contributed by atoms with Crippen molar-refractivity contribution in [1.29, 1.82) is 0 Å². The molecule has 0 spiro atoms. The van der Waals surface area contributed by atoms with Crippen LogP contribution in [0.2, 0.25) is 0 Å². The summed E-state index contributed by atoms with van der Waals surface area (Å²) in [7, 11) is 3.86. The molecule has 212 valence electrons. The number of nitrogens with one attached hydrogen (secondary N) is 1. The summed E-state index contributed by atoms with van der Waals surface area (Å²) in [6.45, 7) is 19.1. The number of rotatable bonds is 6. The number of amidine groups is 1. The van der Waals surface area contributed by atoms with Crippen LogP contribution in [0.5, 0.6) is 0 Å². The van der Waals surface area contributed by atoms with Crippen LogP contribution in [0.1, 0.15) is 77.8 Å². The highest BCUT2D eigenvalue weighted by Gasteiger charge is 2.33. The van der Waals surface area contributed by atoms with Crippen LogP contribution < -0.4 is 5.32 Å². The molecule has 5 nitrogen and oxygen atoms in total. The molecule has 40 heavy (non-hydrogen) atoms. The lowest BCUT2D eigenvalue weighted by Gasteiger charge is -2.43. The zero-order chi connectivity index (χ0) is 29.2. The van der Waals surface area contributed by atoms with Crippen molar-refractivity contribution in [1.82, 2.24) is 15.1 Å². The number of aliphatic imine (C=N–C) groups is 2. The van der Waals surface area contributed by atoms with Crippen molar-refractivity contribution in [3.05, 3.63) is 113 Å². The number of allylic oxidation sites excluding steroid dienone is 8. The Labute approximate surface area is 242 Å². The maximum absolute atomic E-state index is 4.60. The van der Waals surface area contributed by atoms with Crippen molar-refractivity contribution in [2.24, 2.45) is 9.98 Å². The van der Waals surface area contributed by atoms with Crippen LogP contribution in [-0.4, -0.2) is 35.4 Å². The lowest BCUT2D eigenvalue weighted by atomic mass is 10.0. The Morgan fingerprint density at radius 2 is 1.88 bits per heavy atom. The summed E-state index contributed by atoms with van der Waals surface area (Å²) in [5.74, 6) is 1.92. The largest absolute Gasteiger partial charge is 0.362 e. The number of likely N-dealkylation sites (N-methyl/N-ethyl adjacent to an activating group) is 1. The van der Waals surface area contributed by atoms with Crippen molar-refractivity contribution in [3.8, 4) is 0 Å². The van der Waals surface area contributed by atoms with Gasteiger partial charge in [-0.2, -0.15) is 0 Å². The minimum Gasteiger partial charge on any atom is -0.362 e. The van der Waals surface area contributed by atoms with Crippen LogP contribution in [-0.2, 0) is 6.42 Å². The number of hydrogen-bond donors (Lipinski definition) is 1. The molecule has 0 atom stereocenters. The predicted molar refractivity (Wildman–Crippen MR) is 174 cm³/mol. The van der Waals surface area contributed by atoms with Crippen molar-refractivity contribution >= 4 is 17.2 Å². The highest BCUT2D eigenvalue weighted by molar-refractivity contribution is 6.05. The van der Waals surface area contributed by atoms with Crippen molar-refractivity contribution in [2.45, 2.75) is 73.1 Å². The Morgan fingerprint density at radius 3 is 2.42 bits per heavy atom. The summed E-state index contributed by atoms with van der Waals surface area (Å²) >= 11 is 0. The highest BCUT2D eigenvalue weighted by atomic mass is 15.4. The first-order valence-corrected chi connectivity index (χ1v) is 14.5. The summed E-state index contributed by atoms with van der Waals surface area (Å²) in [6.07, 6.45) is 17.0. The number of nitrogens with zero attached hydrogens (tertiary/aromatic N) is 4. The molecule has 1 aliphatic carbocycles. The van der Waals surface area contributed by atoms with Crippen LogP contribution in [0.15, 0.2) is 112 Å². The third-order valence-electron chi connectivity index (χ3n) is 7.45. The minimum absolute atomic E-state index is 0.854. The van der Waals surface area contributed by atoms with Gasteiger partial charge in [-0.1, -0.05) is 69.5 Å². The molecule has 0 aromatic heterocycles. The first kappa shape index (κ1) is 30.7. The lowest BCUT2D eigenvalue weighted by molar-refractivity contribution is 0.380. The fourth-order valence-electron chi connectivity index (χ4n) is 5.02. The van der Waals surface area contributed by atoms with Crippen molar-refractivity contribution < 1.29 is 0 Å². The van der Waals surface area contributed by atoms with Gasteiger partial charge in [-0.25, -0.2) is 0 Å². The summed E-state index contributed by atoms with van der Waals surface area (Å²) in [6, 6.07) is 8.73. The Kier molecular flexibility index (Phi) is 11.1. The van der Waals surface area contributed by atoms with E-state index < -0.39 is 0 Å². The summed E-state index contributed by atoms with van der Waals surface area (Å²) in [4.78, 5) is 13.4. The molecule has 1 N–H and O–H groups in total. The molecule has 2 heterocycles. The van der Waals surface area contributed by atoms with Crippen molar-refractivity contribution in [2.75, 3.05) is 14.1 Å². The Bertz CT molecular complexity index is 1310. The molecular weight excluding hydrogens is 490 g/mol. The molecule has 0 amide bonds. The molecule has 4 rings (SSSR count). The van der Waals surface area contributed by atoms with Crippen molar-refractivity contribution in [3.63, 3.8) is 0 Å². The number of benzene rings is 1. The fourth-order valence-corrected chi connectivity index (χ4v) is 5.02. The molecule has 1 saturated heterocycles. The normalized spacial score (nSPS) is 20.5. The molecule has 1 aromatic rings. The third-order valence-corrected chi connectivity index (χ3v) is 7.45. The molecule has 5 heteroatoms. The second-order valence-electron chi connectivity index (χ2n) is 10.3. The summed E-state index contributed by atoms with van der Waals surface area (Å²) in [5.41, 5.74) is 10.3. The van der Waals surface area contributed by atoms with Gasteiger partial charge in [0.25, 0.3) is 0 Å². The molecule has 2 aliphatic heterocycles. The van der Waals surface area contributed by atoms with E-state index in [1.807, 2.05) is 21.0 Å². The van der Waals surface area contributed by atoms with E-state index in [9.17, 15) is 0 Å². The lowest BCUT2D eigenvalue weighted by Crippen LogP contribution is -2.45. The molecule has 0 unspecified atom stereocenters. The first-order chi connectivity index (χ1) is 19.2. The van der Waals surface area contributed by atoms with Gasteiger partial charge in [-0.3, -0.25) is 14.9 Å². The van der Waals surface area contributed by atoms with E-state index in [-0.39, 0.29) is 0 Å². The van der Waals surface area contributed by atoms with Crippen LogP contribution in [0.4, 0.5) is 0 Å². The monoisotopic (exact) mass is 537 g/mol. The van der Waals surface area contributed by atoms with Gasteiger partial charge in [0.15, 0.2) is 0 Å². The Balaban J connectivity index is 0.000000249. The zero-order valence-corrected chi connectivity index (χ0v) is 25.6. The quantitative estimate of drug-likeness (QED) is 0.396. The zero-order valence-electron chi connectivity index (χ0n) is 25.6. The number of hydrogen-bond acceptors (Lipinski definition) is 4. The maximum atomic E-state index is 4.60. The first-order valence-electron chi connectivity index (χ1n) is 14.5. The SMILES string of the molecule is C=C1/C(=C(/C)NC2=CC=CCC2)C(=NC)N(C(=C)CC)/C(=C\C)N1C.CCc1ccc(C2=CCCC(C)=N2)cc1. The predicted octanol–water partition coefficient (Wildman–Crippen LogP) is 8.50. The van der Waals surface area contributed by atoms with E-state index in [2.05, 4.69) is 121 Å². The highest BCUT2D eigenvalue weighted by Crippen LogP contribution is 2.34. The molecule has 1 fully saturated rings. The van der Waals surface area contributed by atoms with Crippen LogP contribution in [0.3, 0.4) is 0 Å². The van der Waals surface area contributed by atoms with E-state index in [1.165, 1.54) is 22.5 Å². The third kappa shape index (κ3) is 7.20. The second-order valence-corrected chi connectivity index (χ2v) is 10.3. The maximum Gasteiger partial charge on any atom is 0.144 e. The van der Waals surface area contributed by atoms with Gasteiger partial charge in [-0.05, 0) is 82.6 Å². The molecule has 0 saturated carbocycles. The van der Waals surface area contributed by atoms with Gasteiger partial charge in [0.1, 0.15) is 11.7 Å². The van der Waals surface area contributed by atoms with Gasteiger partial charge in [0, 0.05) is 42.6 Å².